The number of anilines is 1. The molecule has 1 fully saturated rings. The van der Waals surface area contributed by atoms with Gasteiger partial charge in [0.05, 0.1) is 24.0 Å². The van der Waals surface area contributed by atoms with Crippen molar-refractivity contribution in [2.75, 3.05) is 24.6 Å². The minimum absolute atomic E-state index is 0.194. The first-order valence-corrected chi connectivity index (χ1v) is 6.33. The molecule has 18 heavy (non-hydrogen) atoms. The van der Waals surface area contributed by atoms with E-state index in [-0.39, 0.29) is 6.10 Å². The molecule has 1 aromatic rings. The summed E-state index contributed by atoms with van der Waals surface area (Å²) in [6.07, 6.45) is 1.14. The van der Waals surface area contributed by atoms with Gasteiger partial charge < -0.3 is 14.7 Å². The number of benzene rings is 1. The van der Waals surface area contributed by atoms with Crippen LogP contribution in [-0.2, 0) is 4.74 Å². The maximum absolute atomic E-state index is 11.3. The third-order valence-corrected chi connectivity index (χ3v) is 3.38. The van der Waals surface area contributed by atoms with Crippen molar-refractivity contribution in [3.8, 4) is 0 Å². The van der Waals surface area contributed by atoms with Gasteiger partial charge in [0.2, 0.25) is 0 Å². The molecule has 1 aromatic carbocycles. The van der Waals surface area contributed by atoms with E-state index in [1.807, 2.05) is 13.0 Å². The predicted octanol–water partition coefficient (Wildman–Crippen LogP) is 2.31. The van der Waals surface area contributed by atoms with Crippen LogP contribution in [0.4, 0.5) is 5.69 Å². The Hall–Kier alpha value is -1.55. The van der Waals surface area contributed by atoms with Crippen LogP contribution in [0.2, 0.25) is 0 Å². The van der Waals surface area contributed by atoms with E-state index in [1.54, 1.807) is 12.1 Å². The van der Waals surface area contributed by atoms with E-state index in [1.165, 1.54) is 0 Å². The van der Waals surface area contributed by atoms with Crippen molar-refractivity contribution in [1.82, 2.24) is 0 Å². The maximum atomic E-state index is 11.3. The first-order chi connectivity index (χ1) is 8.63. The lowest BCUT2D eigenvalue weighted by Gasteiger charge is -2.35. The fourth-order valence-electron chi connectivity index (χ4n) is 2.42. The molecule has 1 unspecified atom stereocenters. The topological polar surface area (TPSA) is 49.8 Å². The maximum Gasteiger partial charge on any atom is 0.337 e. The number of carboxylic acids is 1. The molecule has 1 atom stereocenters. The number of carboxylic acid groups (broad SMARTS) is 1. The Labute approximate surface area is 107 Å². The molecule has 4 nitrogen and oxygen atoms in total. The van der Waals surface area contributed by atoms with Crippen molar-refractivity contribution in [1.29, 1.82) is 0 Å². The van der Waals surface area contributed by atoms with Gasteiger partial charge in [-0.1, -0.05) is 19.1 Å². The van der Waals surface area contributed by atoms with Crippen molar-refractivity contribution < 1.29 is 14.6 Å². The summed E-state index contributed by atoms with van der Waals surface area (Å²) in [6, 6.07) is 5.42. The second-order valence-electron chi connectivity index (χ2n) is 4.62. The summed E-state index contributed by atoms with van der Waals surface area (Å²) in [7, 11) is 0. The Morgan fingerprint density at radius 2 is 2.33 bits per heavy atom. The fourth-order valence-corrected chi connectivity index (χ4v) is 2.42. The van der Waals surface area contributed by atoms with Crippen LogP contribution in [0.15, 0.2) is 18.2 Å². The average Bonchev–Trinajstić information content (AvgIpc) is 2.38. The van der Waals surface area contributed by atoms with Crippen LogP contribution in [0.5, 0.6) is 0 Å². The van der Waals surface area contributed by atoms with Gasteiger partial charge >= 0.3 is 5.97 Å². The Bertz CT molecular complexity index is 445. The standard InChI is InChI=1S/C14H19NO3/c1-3-11-9-15(7-8-18-11)13-10(2)5-4-6-12(13)14(16)17/h4-6,11H,3,7-9H2,1-2H3,(H,16,17). The largest absolute Gasteiger partial charge is 0.478 e. The van der Waals surface area contributed by atoms with Gasteiger partial charge in [-0.15, -0.1) is 0 Å². The van der Waals surface area contributed by atoms with Crippen LogP contribution in [0.1, 0.15) is 29.3 Å². The molecule has 1 saturated heterocycles. The van der Waals surface area contributed by atoms with Gasteiger partial charge in [0.15, 0.2) is 0 Å². The van der Waals surface area contributed by atoms with Gasteiger partial charge in [0.25, 0.3) is 0 Å². The highest BCUT2D eigenvalue weighted by atomic mass is 16.5. The molecule has 0 bridgehead atoms. The highest BCUT2D eigenvalue weighted by Crippen LogP contribution is 2.27. The second kappa shape index (κ2) is 5.40. The van der Waals surface area contributed by atoms with Crippen molar-refractivity contribution in [3.05, 3.63) is 29.3 Å². The number of aryl methyl sites for hydroxylation is 1. The molecule has 0 saturated carbocycles. The lowest BCUT2D eigenvalue weighted by atomic mass is 10.1. The van der Waals surface area contributed by atoms with Crippen molar-refractivity contribution in [2.45, 2.75) is 26.4 Å². The van der Waals surface area contributed by atoms with Gasteiger partial charge in [-0.3, -0.25) is 0 Å². The van der Waals surface area contributed by atoms with Gasteiger partial charge in [-0.25, -0.2) is 4.79 Å². The first-order valence-electron chi connectivity index (χ1n) is 6.33. The van der Waals surface area contributed by atoms with Gasteiger partial charge in [0.1, 0.15) is 0 Å². The molecule has 0 aliphatic carbocycles. The normalized spacial score (nSPS) is 19.9. The summed E-state index contributed by atoms with van der Waals surface area (Å²) < 4.78 is 5.63. The zero-order valence-electron chi connectivity index (χ0n) is 10.8. The molecule has 2 rings (SSSR count). The molecule has 0 aromatic heterocycles. The van der Waals surface area contributed by atoms with Gasteiger partial charge in [0, 0.05) is 13.1 Å². The SMILES string of the molecule is CCC1CN(c2c(C)cccc2C(=O)O)CCO1. The monoisotopic (exact) mass is 249 g/mol. The molecule has 1 N–H and O–H groups in total. The van der Waals surface area contributed by atoms with Crippen molar-refractivity contribution >= 4 is 11.7 Å². The van der Waals surface area contributed by atoms with Crippen LogP contribution in [0, 0.1) is 6.92 Å². The number of rotatable bonds is 3. The van der Waals surface area contributed by atoms with E-state index in [4.69, 9.17) is 4.74 Å². The zero-order chi connectivity index (χ0) is 13.1. The van der Waals surface area contributed by atoms with Gasteiger partial charge in [-0.2, -0.15) is 0 Å². The number of carbonyl (C=O) groups is 1. The molecular formula is C14H19NO3. The van der Waals surface area contributed by atoms with E-state index in [9.17, 15) is 9.90 Å². The van der Waals surface area contributed by atoms with Crippen molar-refractivity contribution in [3.63, 3.8) is 0 Å². The zero-order valence-corrected chi connectivity index (χ0v) is 10.8. The third kappa shape index (κ3) is 2.48. The summed E-state index contributed by atoms with van der Waals surface area (Å²) >= 11 is 0. The molecule has 4 heteroatoms. The van der Waals surface area contributed by atoms with Crippen LogP contribution < -0.4 is 4.90 Å². The van der Waals surface area contributed by atoms with E-state index in [0.717, 1.165) is 30.8 Å². The Morgan fingerprint density at radius 3 is 3.00 bits per heavy atom. The van der Waals surface area contributed by atoms with Gasteiger partial charge in [-0.05, 0) is 25.0 Å². The van der Waals surface area contributed by atoms with Crippen LogP contribution in [-0.4, -0.2) is 36.9 Å². The molecule has 0 amide bonds. The van der Waals surface area contributed by atoms with Crippen LogP contribution >= 0.6 is 0 Å². The summed E-state index contributed by atoms with van der Waals surface area (Å²) in [5.74, 6) is -0.867. The summed E-state index contributed by atoms with van der Waals surface area (Å²) in [6.45, 7) is 6.22. The van der Waals surface area contributed by atoms with E-state index in [0.29, 0.717) is 12.2 Å². The smallest absolute Gasteiger partial charge is 0.337 e. The lowest BCUT2D eigenvalue weighted by Crippen LogP contribution is -2.43. The highest BCUT2D eigenvalue weighted by molar-refractivity contribution is 5.95. The number of nitrogens with zero attached hydrogens (tertiary/aromatic N) is 1. The predicted molar refractivity (Wildman–Crippen MR) is 70.4 cm³/mol. The minimum atomic E-state index is -0.867. The van der Waals surface area contributed by atoms with E-state index >= 15 is 0 Å². The Kier molecular flexibility index (Phi) is 3.87. The molecule has 1 aliphatic rings. The number of para-hydroxylation sites is 1. The summed E-state index contributed by atoms with van der Waals surface area (Å²) in [4.78, 5) is 13.4. The number of hydrogen-bond acceptors (Lipinski definition) is 3. The fraction of sp³-hybridized carbons (Fsp3) is 0.500. The third-order valence-electron chi connectivity index (χ3n) is 3.38. The van der Waals surface area contributed by atoms with Crippen LogP contribution in [0.25, 0.3) is 0 Å². The van der Waals surface area contributed by atoms with E-state index < -0.39 is 5.97 Å². The number of aromatic carboxylic acids is 1. The summed E-state index contributed by atoms with van der Waals surface area (Å²) in [5.41, 5.74) is 2.23. The molecule has 0 radical (unpaired) electrons. The number of morpholine rings is 1. The molecule has 1 aliphatic heterocycles. The minimum Gasteiger partial charge on any atom is -0.478 e. The number of ether oxygens (including phenoxy) is 1. The second-order valence-corrected chi connectivity index (χ2v) is 4.62. The Morgan fingerprint density at radius 1 is 1.56 bits per heavy atom. The molecule has 98 valence electrons. The van der Waals surface area contributed by atoms with E-state index in [2.05, 4.69) is 11.8 Å². The average molecular weight is 249 g/mol. The molecular weight excluding hydrogens is 230 g/mol. The molecule has 0 spiro atoms. The highest BCUT2D eigenvalue weighted by Gasteiger charge is 2.24. The first kappa shape index (κ1) is 12.9. The van der Waals surface area contributed by atoms with Crippen LogP contribution in [0.3, 0.4) is 0 Å². The quantitative estimate of drug-likeness (QED) is 0.893. The van der Waals surface area contributed by atoms with Crippen molar-refractivity contribution in [2.24, 2.45) is 0 Å². The lowest BCUT2D eigenvalue weighted by molar-refractivity contribution is 0.0382. The number of hydrogen-bond donors (Lipinski definition) is 1. The Balaban J connectivity index is 2.34. The summed E-state index contributed by atoms with van der Waals surface area (Å²) in [5, 5.41) is 9.29. The molecule has 1 heterocycles.